The van der Waals surface area contributed by atoms with Gasteiger partial charge in [0.25, 0.3) is 5.91 Å². The molecule has 1 aromatic carbocycles. The lowest BCUT2D eigenvalue weighted by Crippen LogP contribution is -2.51. The van der Waals surface area contributed by atoms with Gasteiger partial charge >= 0.3 is 5.97 Å². The number of ether oxygens (including phenoxy) is 2. The van der Waals surface area contributed by atoms with Gasteiger partial charge < -0.3 is 14.4 Å². The molecule has 1 aromatic rings. The summed E-state index contributed by atoms with van der Waals surface area (Å²) in [6.07, 6.45) is 1.16. The Balaban J connectivity index is 1.94. The van der Waals surface area contributed by atoms with Crippen LogP contribution in [0.15, 0.2) is 18.2 Å². The van der Waals surface area contributed by atoms with Crippen molar-refractivity contribution in [3.8, 4) is 5.75 Å². The van der Waals surface area contributed by atoms with Gasteiger partial charge in [-0.05, 0) is 24.6 Å². The molecule has 1 heterocycles. The fourth-order valence-corrected chi connectivity index (χ4v) is 3.33. The van der Waals surface area contributed by atoms with Crippen molar-refractivity contribution in [2.24, 2.45) is 0 Å². The molecule has 8 nitrogen and oxygen atoms in total. The highest BCUT2D eigenvalue weighted by atomic mass is 32.2. The van der Waals surface area contributed by atoms with Crippen LogP contribution in [-0.2, 0) is 19.6 Å². The average Bonchev–Trinajstić information content (AvgIpc) is 2.59. The molecule has 2 rings (SSSR count). The Morgan fingerprint density at radius 1 is 1.16 bits per heavy atom. The number of benzene rings is 1. The number of sulfonamides is 1. The fraction of sp³-hybridized carbons (Fsp3) is 0.500. The maximum atomic E-state index is 12.3. The lowest BCUT2D eigenvalue weighted by atomic mass is 10.1. The molecule has 1 amide bonds. The van der Waals surface area contributed by atoms with E-state index in [2.05, 4.69) is 4.74 Å². The summed E-state index contributed by atoms with van der Waals surface area (Å²) >= 11 is 0. The number of esters is 1. The third-order valence-corrected chi connectivity index (χ3v) is 5.32. The SMILES string of the molecule is COC(=O)c1ccc(C)c(OCC(=O)N2CCN(S(C)(=O)=O)CC2)c1. The van der Waals surface area contributed by atoms with Crippen molar-refractivity contribution in [1.82, 2.24) is 9.21 Å². The van der Waals surface area contributed by atoms with Crippen molar-refractivity contribution in [1.29, 1.82) is 0 Å². The Morgan fingerprint density at radius 3 is 2.36 bits per heavy atom. The van der Waals surface area contributed by atoms with Gasteiger partial charge in [0.2, 0.25) is 10.0 Å². The number of amides is 1. The molecule has 0 aliphatic carbocycles. The van der Waals surface area contributed by atoms with Crippen molar-refractivity contribution in [2.45, 2.75) is 6.92 Å². The minimum absolute atomic E-state index is 0.176. The van der Waals surface area contributed by atoms with E-state index < -0.39 is 16.0 Å². The number of aryl methyl sites for hydroxylation is 1. The molecular weight excluding hydrogens is 348 g/mol. The van der Waals surface area contributed by atoms with Crippen LogP contribution in [0.25, 0.3) is 0 Å². The third kappa shape index (κ3) is 4.93. The van der Waals surface area contributed by atoms with Gasteiger partial charge in [0, 0.05) is 26.2 Å². The highest BCUT2D eigenvalue weighted by molar-refractivity contribution is 7.88. The summed E-state index contributed by atoms with van der Waals surface area (Å²) in [6, 6.07) is 4.88. The maximum absolute atomic E-state index is 12.3. The van der Waals surface area contributed by atoms with Crippen LogP contribution >= 0.6 is 0 Å². The standard InChI is InChI=1S/C16H22N2O6S/c1-12-4-5-13(16(20)23-2)10-14(12)24-11-15(19)17-6-8-18(9-7-17)25(3,21)22/h4-5,10H,6-9,11H2,1-3H3. The van der Waals surface area contributed by atoms with Crippen LogP contribution in [0.2, 0.25) is 0 Å². The Hall–Kier alpha value is -2.13. The van der Waals surface area contributed by atoms with E-state index in [1.165, 1.54) is 17.5 Å². The minimum Gasteiger partial charge on any atom is -0.483 e. The van der Waals surface area contributed by atoms with Crippen molar-refractivity contribution < 1.29 is 27.5 Å². The number of piperazine rings is 1. The zero-order valence-corrected chi connectivity index (χ0v) is 15.3. The average molecular weight is 370 g/mol. The first-order valence-electron chi connectivity index (χ1n) is 7.77. The van der Waals surface area contributed by atoms with E-state index in [1.807, 2.05) is 6.92 Å². The predicted octanol–water partition coefficient (Wildman–Crippen LogP) is 0.264. The second-order valence-electron chi connectivity index (χ2n) is 5.80. The first kappa shape index (κ1) is 19.2. The summed E-state index contributed by atoms with van der Waals surface area (Å²) in [5.41, 5.74) is 1.14. The van der Waals surface area contributed by atoms with Gasteiger partial charge in [-0.3, -0.25) is 4.79 Å². The summed E-state index contributed by atoms with van der Waals surface area (Å²) in [5.74, 6) is -0.268. The zero-order valence-electron chi connectivity index (χ0n) is 14.5. The predicted molar refractivity (Wildman–Crippen MR) is 91.0 cm³/mol. The van der Waals surface area contributed by atoms with E-state index in [0.29, 0.717) is 24.4 Å². The lowest BCUT2D eigenvalue weighted by molar-refractivity contribution is -0.134. The number of carbonyl (C=O) groups excluding carboxylic acids is 2. The van der Waals surface area contributed by atoms with Gasteiger partial charge in [0.05, 0.1) is 18.9 Å². The van der Waals surface area contributed by atoms with Crippen molar-refractivity contribution in [2.75, 3.05) is 46.2 Å². The van der Waals surface area contributed by atoms with Gasteiger partial charge in [-0.15, -0.1) is 0 Å². The summed E-state index contributed by atoms with van der Waals surface area (Å²) < 4.78 is 34.5. The lowest BCUT2D eigenvalue weighted by Gasteiger charge is -2.33. The molecule has 0 atom stereocenters. The van der Waals surface area contributed by atoms with E-state index in [1.54, 1.807) is 17.0 Å². The van der Waals surface area contributed by atoms with Gasteiger partial charge in [0.15, 0.2) is 6.61 Å². The number of hydrogen-bond acceptors (Lipinski definition) is 6. The van der Waals surface area contributed by atoms with Crippen LogP contribution in [-0.4, -0.2) is 75.7 Å². The Bertz CT molecular complexity index is 754. The molecule has 0 aromatic heterocycles. The molecule has 1 saturated heterocycles. The number of nitrogens with zero attached hydrogens (tertiary/aromatic N) is 2. The van der Waals surface area contributed by atoms with Crippen molar-refractivity contribution in [3.63, 3.8) is 0 Å². The molecule has 1 aliphatic rings. The van der Waals surface area contributed by atoms with E-state index >= 15 is 0 Å². The van der Waals surface area contributed by atoms with Gasteiger partial charge in [0.1, 0.15) is 5.75 Å². The van der Waals surface area contributed by atoms with E-state index in [9.17, 15) is 18.0 Å². The maximum Gasteiger partial charge on any atom is 0.337 e. The molecule has 0 bridgehead atoms. The monoisotopic (exact) mass is 370 g/mol. The van der Waals surface area contributed by atoms with Crippen LogP contribution in [0, 0.1) is 6.92 Å². The van der Waals surface area contributed by atoms with Crippen LogP contribution in [0.1, 0.15) is 15.9 Å². The van der Waals surface area contributed by atoms with E-state index in [0.717, 1.165) is 11.8 Å². The third-order valence-electron chi connectivity index (χ3n) is 4.02. The molecule has 0 N–H and O–H groups in total. The largest absolute Gasteiger partial charge is 0.483 e. The number of hydrogen-bond donors (Lipinski definition) is 0. The molecule has 1 aliphatic heterocycles. The molecule has 0 saturated carbocycles. The number of methoxy groups -OCH3 is 1. The fourth-order valence-electron chi connectivity index (χ4n) is 2.50. The Kier molecular flexibility index (Phi) is 6.02. The van der Waals surface area contributed by atoms with Crippen LogP contribution in [0.5, 0.6) is 5.75 Å². The summed E-state index contributed by atoms with van der Waals surface area (Å²) in [4.78, 5) is 25.4. The van der Waals surface area contributed by atoms with Crippen LogP contribution < -0.4 is 4.74 Å². The van der Waals surface area contributed by atoms with Gasteiger partial charge in [-0.2, -0.15) is 4.31 Å². The topological polar surface area (TPSA) is 93.2 Å². The van der Waals surface area contributed by atoms with E-state index in [4.69, 9.17) is 4.74 Å². The first-order chi connectivity index (χ1) is 11.7. The Morgan fingerprint density at radius 2 is 1.80 bits per heavy atom. The van der Waals surface area contributed by atoms with Crippen LogP contribution in [0.4, 0.5) is 0 Å². The Labute approximate surface area is 147 Å². The molecule has 0 spiro atoms. The molecule has 0 radical (unpaired) electrons. The first-order valence-corrected chi connectivity index (χ1v) is 9.62. The van der Waals surface area contributed by atoms with Crippen LogP contribution in [0.3, 0.4) is 0 Å². The summed E-state index contributed by atoms with van der Waals surface area (Å²) in [5, 5.41) is 0. The number of rotatable bonds is 5. The summed E-state index contributed by atoms with van der Waals surface area (Å²) in [6.45, 7) is 2.85. The normalized spacial score (nSPS) is 15.7. The van der Waals surface area contributed by atoms with Crippen molar-refractivity contribution in [3.05, 3.63) is 29.3 Å². The molecule has 138 valence electrons. The van der Waals surface area contributed by atoms with Crippen molar-refractivity contribution >= 4 is 21.9 Å². The summed E-state index contributed by atoms with van der Waals surface area (Å²) in [7, 11) is -1.94. The minimum atomic E-state index is -3.23. The number of carbonyl (C=O) groups is 2. The highest BCUT2D eigenvalue weighted by Crippen LogP contribution is 2.20. The highest BCUT2D eigenvalue weighted by Gasteiger charge is 2.26. The van der Waals surface area contributed by atoms with Gasteiger partial charge in [-0.25, -0.2) is 13.2 Å². The molecular formula is C16H22N2O6S. The van der Waals surface area contributed by atoms with Gasteiger partial charge in [-0.1, -0.05) is 6.07 Å². The molecule has 9 heteroatoms. The molecule has 25 heavy (non-hydrogen) atoms. The zero-order chi connectivity index (χ0) is 18.6. The smallest absolute Gasteiger partial charge is 0.337 e. The van der Waals surface area contributed by atoms with E-state index in [-0.39, 0.29) is 25.6 Å². The quantitative estimate of drug-likeness (QED) is 0.691. The second kappa shape index (κ2) is 7.83. The second-order valence-corrected chi connectivity index (χ2v) is 7.79. The molecule has 0 unspecified atom stereocenters. The molecule has 1 fully saturated rings.